The molecule has 2 aromatic rings. The van der Waals surface area contributed by atoms with E-state index in [2.05, 4.69) is 28.5 Å². The van der Waals surface area contributed by atoms with Crippen LogP contribution >= 0.6 is 0 Å². The number of aromatic nitrogens is 1. The first-order chi connectivity index (χ1) is 9.79. The van der Waals surface area contributed by atoms with Crippen LogP contribution in [0, 0.1) is 6.92 Å². The predicted molar refractivity (Wildman–Crippen MR) is 79.6 cm³/mol. The summed E-state index contributed by atoms with van der Waals surface area (Å²) in [6.07, 6.45) is 6.34. The van der Waals surface area contributed by atoms with Gasteiger partial charge in [0.15, 0.2) is 0 Å². The van der Waals surface area contributed by atoms with E-state index in [4.69, 9.17) is 4.74 Å². The largest absolute Gasteiger partial charge is 0.489 e. The van der Waals surface area contributed by atoms with Gasteiger partial charge in [0.25, 0.3) is 0 Å². The molecule has 0 saturated heterocycles. The van der Waals surface area contributed by atoms with Crippen LogP contribution < -0.4 is 10.1 Å². The molecule has 0 amide bonds. The second-order valence-electron chi connectivity index (χ2n) is 5.46. The third-order valence-electron chi connectivity index (χ3n) is 3.41. The quantitative estimate of drug-likeness (QED) is 0.873. The summed E-state index contributed by atoms with van der Waals surface area (Å²) in [6, 6.07) is 11.1. The number of rotatable bonds is 6. The van der Waals surface area contributed by atoms with Gasteiger partial charge in [-0.1, -0.05) is 12.1 Å². The maximum absolute atomic E-state index is 5.84. The van der Waals surface area contributed by atoms with E-state index in [1.807, 2.05) is 31.5 Å². The Morgan fingerprint density at radius 3 is 2.90 bits per heavy atom. The minimum atomic E-state index is 0.564. The molecule has 1 saturated carbocycles. The summed E-state index contributed by atoms with van der Waals surface area (Å²) in [7, 11) is 0. The number of hydrogen-bond donors (Lipinski definition) is 1. The maximum Gasteiger partial charge on any atom is 0.120 e. The Bertz CT molecular complexity index is 579. The second kappa shape index (κ2) is 6.06. The van der Waals surface area contributed by atoms with E-state index in [1.165, 1.54) is 18.4 Å². The van der Waals surface area contributed by atoms with Crippen molar-refractivity contribution in [1.29, 1.82) is 0 Å². The average molecular weight is 268 g/mol. The molecule has 1 fully saturated rings. The Hall–Kier alpha value is -1.87. The average Bonchev–Trinajstić information content (AvgIpc) is 3.28. The van der Waals surface area contributed by atoms with Crippen LogP contribution in [0.25, 0.3) is 0 Å². The highest BCUT2D eigenvalue weighted by Gasteiger charge is 2.19. The summed E-state index contributed by atoms with van der Waals surface area (Å²) in [5.41, 5.74) is 3.54. The van der Waals surface area contributed by atoms with Crippen molar-refractivity contribution in [2.75, 3.05) is 0 Å². The van der Waals surface area contributed by atoms with Crippen molar-refractivity contribution in [2.45, 2.75) is 39.0 Å². The van der Waals surface area contributed by atoms with Crippen LogP contribution in [0.2, 0.25) is 0 Å². The zero-order valence-corrected chi connectivity index (χ0v) is 11.8. The highest BCUT2D eigenvalue weighted by Crippen LogP contribution is 2.20. The number of ether oxygens (including phenoxy) is 1. The molecule has 1 aromatic carbocycles. The van der Waals surface area contributed by atoms with Crippen LogP contribution in [0.4, 0.5) is 0 Å². The number of nitrogens with one attached hydrogen (secondary N) is 1. The summed E-state index contributed by atoms with van der Waals surface area (Å²) >= 11 is 0. The third-order valence-corrected chi connectivity index (χ3v) is 3.41. The van der Waals surface area contributed by atoms with Gasteiger partial charge in [0.1, 0.15) is 12.4 Å². The fourth-order valence-electron chi connectivity index (χ4n) is 2.16. The Balaban J connectivity index is 1.57. The lowest BCUT2D eigenvalue weighted by atomic mass is 10.2. The predicted octanol–water partition coefficient (Wildman–Crippen LogP) is 3.22. The number of nitrogens with zero attached hydrogens (tertiary/aromatic N) is 1. The zero-order chi connectivity index (χ0) is 13.8. The van der Waals surface area contributed by atoms with E-state index in [1.54, 1.807) is 0 Å². The fraction of sp³-hybridized carbons (Fsp3) is 0.353. The first-order valence-electron chi connectivity index (χ1n) is 7.15. The van der Waals surface area contributed by atoms with Crippen LogP contribution in [0.3, 0.4) is 0 Å². The second-order valence-corrected chi connectivity index (χ2v) is 5.46. The van der Waals surface area contributed by atoms with Crippen molar-refractivity contribution in [3.63, 3.8) is 0 Å². The molecule has 0 bridgehead atoms. The molecule has 1 aromatic heterocycles. The molecular weight excluding hydrogens is 248 g/mol. The van der Waals surface area contributed by atoms with E-state index in [0.717, 1.165) is 29.5 Å². The van der Waals surface area contributed by atoms with Crippen molar-refractivity contribution < 1.29 is 4.74 Å². The Labute approximate surface area is 120 Å². The normalized spacial score (nSPS) is 14.2. The van der Waals surface area contributed by atoms with E-state index < -0.39 is 0 Å². The van der Waals surface area contributed by atoms with Crippen molar-refractivity contribution in [3.05, 3.63) is 59.4 Å². The van der Waals surface area contributed by atoms with Gasteiger partial charge < -0.3 is 10.1 Å². The van der Waals surface area contributed by atoms with Crippen LogP contribution in [-0.4, -0.2) is 11.0 Å². The number of benzene rings is 1. The van der Waals surface area contributed by atoms with Gasteiger partial charge in [0, 0.05) is 30.5 Å². The van der Waals surface area contributed by atoms with Gasteiger partial charge in [-0.05, 0) is 49.1 Å². The lowest BCUT2D eigenvalue weighted by Crippen LogP contribution is -2.15. The van der Waals surface area contributed by atoms with Crippen molar-refractivity contribution in [1.82, 2.24) is 10.3 Å². The van der Waals surface area contributed by atoms with Gasteiger partial charge in [0.2, 0.25) is 0 Å². The zero-order valence-electron chi connectivity index (χ0n) is 11.8. The molecule has 1 aliphatic carbocycles. The molecular formula is C17H20N2O. The smallest absolute Gasteiger partial charge is 0.120 e. The molecule has 3 rings (SSSR count). The first kappa shape index (κ1) is 13.1. The van der Waals surface area contributed by atoms with Gasteiger partial charge in [-0.25, -0.2) is 0 Å². The molecule has 0 atom stereocenters. The molecule has 1 aliphatic rings. The van der Waals surface area contributed by atoms with Crippen LogP contribution in [0.1, 0.15) is 29.5 Å². The van der Waals surface area contributed by atoms with Crippen LogP contribution in [0.5, 0.6) is 5.75 Å². The lowest BCUT2D eigenvalue weighted by Gasteiger charge is -2.09. The summed E-state index contributed by atoms with van der Waals surface area (Å²) in [5.74, 6) is 0.918. The highest BCUT2D eigenvalue weighted by molar-refractivity contribution is 5.29. The van der Waals surface area contributed by atoms with E-state index in [9.17, 15) is 0 Å². The standard InChI is InChI=1S/C17H20N2O/c1-13-7-15(10-18-9-13)12-20-17-4-2-3-14(8-17)11-19-16-5-6-16/h2-4,7-10,16,19H,5-6,11-12H2,1H3. The Morgan fingerprint density at radius 1 is 1.20 bits per heavy atom. The van der Waals surface area contributed by atoms with Gasteiger partial charge in [-0.2, -0.15) is 0 Å². The van der Waals surface area contributed by atoms with Gasteiger partial charge in [-0.3, -0.25) is 4.98 Å². The Kier molecular flexibility index (Phi) is 3.97. The molecule has 0 radical (unpaired) electrons. The van der Waals surface area contributed by atoms with Crippen molar-refractivity contribution in [3.8, 4) is 5.75 Å². The van der Waals surface area contributed by atoms with Crippen LogP contribution in [-0.2, 0) is 13.2 Å². The Morgan fingerprint density at radius 2 is 2.10 bits per heavy atom. The lowest BCUT2D eigenvalue weighted by molar-refractivity contribution is 0.305. The summed E-state index contributed by atoms with van der Waals surface area (Å²) < 4.78 is 5.84. The molecule has 0 unspecified atom stereocenters. The van der Waals surface area contributed by atoms with E-state index in [0.29, 0.717) is 6.61 Å². The summed E-state index contributed by atoms with van der Waals surface area (Å²) in [5, 5.41) is 3.52. The molecule has 3 heteroatoms. The van der Waals surface area contributed by atoms with Gasteiger partial charge in [0.05, 0.1) is 0 Å². The molecule has 0 aliphatic heterocycles. The van der Waals surface area contributed by atoms with Gasteiger partial charge in [-0.15, -0.1) is 0 Å². The summed E-state index contributed by atoms with van der Waals surface area (Å²) in [4.78, 5) is 4.18. The number of pyridine rings is 1. The highest BCUT2D eigenvalue weighted by atomic mass is 16.5. The molecule has 3 nitrogen and oxygen atoms in total. The van der Waals surface area contributed by atoms with Crippen molar-refractivity contribution >= 4 is 0 Å². The number of hydrogen-bond acceptors (Lipinski definition) is 3. The SMILES string of the molecule is Cc1cncc(COc2cccc(CNC3CC3)c2)c1. The first-order valence-corrected chi connectivity index (χ1v) is 7.15. The monoisotopic (exact) mass is 268 g/mol. The molecule has 0 spiro atoms. The third kappa shape index (κ3) is 3.81. The minimum absolute atomic E-state index is 0.564. The molecule has 104 valence electrons. The minimum Gasteiger partial charge on any atom is -0.489 e. The fourth-order valence-corrected chi connectivity index (χ4v) is 2.16. The maximum atomic E-state index is 5.84. The summed E-state index contributed by atoms with van der Waals surface area (Å²) in [6.45, 7) is 3.53. The molecule has 1 N–H and O–H groups in total. The van der Waals surface area contributed by atoms with Gasteiger partial charge >= 0.3 is 0 Å². The van der Waals surface area contributed by atoms with E-state index in [-0.39, 0.29) is 0 Å². The number of aryl methyl sites for hydroxylation is 1. The molecule has 20 heavy (non-hydrogen) atoms. The molecule has 1 heterocycles. The van der Waals surface area contributed by atoms with Crippen LogP contribution in [0.15, 0.2) is 42.7 Å². The van der Waals surface area contributed by atoms with Crippen molar-refractivity contribution in [2.24, 2.45) is 0 Å². The van der Waals surface area contributed by atoms with E-state index >= 15 is 0 Å². The topological polar surface area (TPSA) is 34.1 Å².